The summed E-state index contributed by atoms with van der Waals surface area (Å²) in [6.45, 7) is 7.18. The zero-order valence-corrected chi connectivity index (χ0v) is 10.2. The number of nitrogens with one attached hydrogen (secondary N) is 1. The highest BCUT2D eigenvalue weighted by Gasteiger charge is 2.14. The van der Waals surface area contributed by atoms with Crippen LogP contribution in [0.2, 0.25) is 0 Å². The molecule has 0 aromatic carbocycles. The first kappa shape index (κ1) is 14.2. The minimum atomic E-state index is 0.104. The van der Waals surface area contributed by atoms with Crippen LogP contribution in [0.4, 0.5) is 0 Å². The normalized spacial score (nSPS) is 12.0. The molecule has 0 atom stereocenters. The van der Waals surface area contributed by atoms with Crippen LogP contribution in [0, 0.1) is 0 Å². The van der Waals surface area contributed by atoms with Gasteiger partial charge in [0.1, 0.15) is 0 Å². The summed E-state index contributed by atoms with van der Waals surface area (Å²) in [6.07, 6.45) is 0.965. The average Bonchev–Trinajstić information content (AvgIpc) is 2.11. The van der Waals surface area contributed by atoms with Gasteiger partial charge in [0.15, 0.2) is 0 Å². The second-order valence-electron chi connectivity index (χ2n) is 3.85. The van der Waals surface area contributed by atoms with Gasteiger partial charge in [-0.1, -0.05) is 0 Å². The Morgan fingerprint density at radius 2 is 1.93 bits per heavy atom. The molecule has 0 aliphatic carbocycles. The Kier molecular flexibility index (Phi) is 8.58. The molecular formula is C10H22ClNO2. The molecule has 0 rings (SSSR count). The van der Waals surface area contributed by atoms with Gasteiger partial charge in [-0.3, -0.25) is 0 Å². The number of rotatable bonds is 9. The molecule has 1 N–H and O–H groups in total. The maximum absolute atomic E-state index is 5.68. The minimum Gasteiger partial charge on any atom is -0.382 e. The molecule has 0 aliphatic rings. The molecule has 0 amide bonds. The molecule has 0 spiro atoms. The third-order valence-electron chi connectivity index (χ3n) is 2.00. The van der Waals surface area contributed by atoms with Crippen LogP contribution in [-0.2, 0) is 9.47 Å². The molecule has 4 heteroatoms. The molecule has 14 heavy (non-hydrogen) atoms. The van der Waals surface area contributed by atoms with E-state index < -0.39 is 0 Å². The van der Waals surface area contributed by atoms with Crippen LogP contribution in [0.25, 0.3) is 0 Å². The monoisotopic (exact) mass is 223 g/mol. The molecule has 0 aromatic heterocycles. The van der Waals surface area contributed by atoms with Crippen LogP contribution >= 0.6 is 11.6 Å². The number of ether oxygens (including phenoxy) is 2. The first-order valence-corrected chi connectivity index (χ1v) is 5.53. The zero-order chi connectivity index (χ0) is 10.9. The quantitative estimate of drug-likeness (QED) is 0.476. The Bertz CT molecular complexity index is 131. The summed E-state index contributed by atoms with van der Waals surface area (Å²) in [4.78, 5) is 0. The van der Waals surface area contributed by atoms with Gasteiger partial charge in [-0.2, -0.15) is 0 Å². The van der Waals surface area contributed by atoms with Crippen molar-refractivity contribution in [3.8, 4) is 0 Å². The van der Waals surface area contributed by atoms with Crippen molar-refractivity contribution in [1.29, 1.82) is 0 Å². The van der Waals surface area contributed by atoms with E-state index in [-0.39, 0.29) is 5.54 Å². The number of alkyl halides is 1. The van der Waals surface area contributed by atoms with Crippen LogP contribution in [0.5, 0.6) is 0 Å². The fourth-order valence-electron chi connectivity index (χ4n) is 1.03. The van der Waals surface area contributed by atoms with Crippen molar-refractivity contribution in [2.45, 2.75) is 25.8 Å². The topological polar surface area (TPSA) is 30.5 Å². The van der Waals surface area contributed by atoms with E-state index in [2.05, 4.69) is 19.2 Å². The highest BCUT2D eigenvalue weighted by atomic mass is 35.5. The lowest BCUT2D eigenvalue weighted by molar-refractivity contribution is 0.0695. The van der Waals surface area contributed by atoms with Gasteiger partial charge in [0.2, 0.25) is 0 Å². The molecule has 86 valence electrons. The average molecular weight is 224 g/mol. The number of hydrogen-bond acceptors (Lipinski definition) is 3. The van der Waals surface area contributed by atoms with E-state index >= 15 is 0 Å². The second kappa shape index (κ2) is 8.48. The van der Waals surface area contributed by atoms with Gasteiger partial charge in [0.25, 0.3) is 0 Å². The van der Waals surface area contributed by atoms with Gasteiger partial charge in [-0.25, -0.2) is 0 Å². The van der Waals surface area contributed by atoms with Gasteiger partial charge in [0.05, 0.1) is 19.8 Å². The van der Waals surface area contributed by atoms with E-state index in [9.17, 15) is 0 Å². The van der Waals surface area contributed by atoms with Crippen molar-refractivity contribution in [3.63, 3.8) is 0 Å². The predicted octanol–water partition coefficient (Wildman–Crippen LogP) is 1.65. The molecule has 0 bridgehead atoms. The smallest absolute Gasteiger partial charge is 0.0700 e. The third-order valence-corrected chi connectivity index (χ3v) is 2.19. The van der Waals surface area contributed by atoms with Crippen molar-refractivity contribution in [2.75, 3.05) is 39.4 Å². The summed E-state index contributed by atoms with van der Waals surface area (Å²) in [7, 11) is 1.67. The molecule has 0 saturated heterocycles. The van der Waals surface area contributed by atoms with E-state index in [1.165, 1.54) is 0 Å². The molecule has 0 radical (unpaired) electrons. The van der Waals surface area contributed by atoms with Gasteiger partial charge in [0, 0.05) is 25.1 Å². The Balaban J connectivity index is 3.26. The summed E-state index contributed by atoms with van der Waals surface area (Å²) < 4.78 is 10.2. The van der Waals surface area contributed by atoms with Gasteiger partial charge >= 0.3 is 0 Å². The van der Waals surface area contributed by atoms with Crippen LogP contribution in [-0.4, -0.2) is 44.9 Å². The van der Waals surface area contributed by atoms with Crippen molar-refractivity contribution >= 4 is 11.6 Å². The molecule has 0 heterocycles. The predicted molar refractivity (Wildman–Crippen MR) is 60.1 cm³/mol. The first-order chi connectivity index (χ1) is 6.62. The number of methoxy groups -OCH3 is 1. The molecule has 0 fully saturated rings. The van der Waals surface area contributed by atoms with Crippen LogP contribution in [0.15, 0.2) is 0 Å². The molecule has 0 saturated carbocycles. The first-order valence-electron chi connectivity index (χ1n) is 5.00. The lowest BCUT2D eigenvalue weighted by Gasteiger charge is -2.25. The fourth-order valence-corrected chi connectivity index (χ4v) is 1.50. The fraction of sp³-hybridized carbons (Fsp3) is 1.00. The van der Waals surface area contributed by atoms with Crippen LogP contribution in [0.3, 0.4) is 0 Å². The van der Waals surface area contributed by atoms with E-state index in [1.807, 2.05) is 0 Å². The molecule has 3 nitrogen and oxygen atoms in total. The summed E-state index contributed by atoms with van der Waals surface area (Å²) >= 11 is 5.68. The van der Waals surface area contributed by atoms with Crippen molar-refractivity contribution in [3.05, 3.63) is 0 Å². The molecule has 0 unspecified atom stereocenters. The Labute approximate surface area is 92.1 Å². The van der Waals surface area contributed by atoms with Gasteiger partial charge in [-0.05, 0) is 20.3 Å². The van der Waals surface area contributed by atoms with Gasteiger partial charge in [-0.15, -0.1) is 11.6 Å². The SMILES string of the molecule is COCCOCCNC(C)(C)CCCl. The summed E-state index contributed by atoms with van der Waals surface area (Å²) in [6, 6.07) is 0. The van der Waals surface area contributed by atoms with E-state index in [0.717, 1.165) is 19.6 Å². The molecule has 0 aromatic rings. The van der Waals surface area contributed by atoms with Gasteiger partial charge < -0.3 is 14.8 Å². The van der Waals surface area contributed by atoms with Crippen molar-refractivity contribution < 1.29 is 9.47 Å². The van der Waals surface area contributed by atoms with Crippen molar-refractivity contribution in [1.82, 2.24) is 5.32 Å². The lowest BCUT2D eigenvalue weighted by atomic mass is 10.0. The standard InChI is InChI=1S/C10H22ClNO2/c1-10(2,4-5-11)12-6-7-14-9-8-13-3/h12H,4-9H2,1-3H3. The maximum atomic E-state index is 5.68. The Hall–Kier alpha value is 0.170. The molecule has 0 aliphatic heterocycles. The number of hydrogen-bond donors (Lipinski definition) is 1. The Morgan fingerprint density at radius 3 is 2.50 bits per heavy atom. The Morgan fingerprint density at radius 1 is 1.21 bits per heavy atom. The summed E-state index contributed by atoms with van der Waals surface area (Å²) in [5, 5.41) is 3.39. The van der Waals surface area contributed by atoms with Crippen molar-refractivity contribution in [2.24, 2.45) is 0 Å². The van der Waals surface area contributed by atoms with E-state index in [0.29, 0.717) is 19.1 Å². The van der Waals surface area contributed by atoms with E-state index in [1.54, 1.807) is 7.11 Å². The third kappa shape index (κ3) is 8.75. The summed E-state index contributed by atoms with van der Waals surface area (Å²) in [5.74, 6) is 0.685. The largest absolute Gasteiger partial charge is 0.382 e. The van der Waals surface area contributed by atoms with Crippen LogP contribution < -0.4 is 5.32 Å². The lowest BCUT2D eigenvalue weighted by Crippen LogP contribution is -2.41. The highest BCUT2D eigenvalue weighted by Crippen LogP contribution is 2.08. The van der Waals surface area contributed by atoms with Crippen LogP contribution in [0.1, 0.15) is 20.3 Å². The highest BCUT2D eigenvalue weighted by molar-refractivity contribution is 6.17. The second-order valence-corrected chi connectivity index (χ2v) is 4.23. The van der Waals surface area contributed by atoms with E-state index in [4.69, 9.17) is 21.1 Å². The maximum Gasteiger partial charge on any atom is 0.0700 e. The minimum absolute atomic E-state index is 0.104. The summed E-state index contributed by atoms with van der Waals surface area (Å²) in [5.41, 5.74) is 0.104. The number of halogens is 1. The molecular weight excluding hydrogens is 202 g/mol. The zero-order valence-electron chi connectivity index (χ0n) is 9.44.